The molecule has 1 aromatic carbocycles. The fraction of sp³-hybridized carbons (Fsp3) is 0.353. The molecule has 6 nitrogen and oxygen atoms in total. The van der Waals surface area contributed by atoms with E-state index in [4.69, 9.17) is 4.74 Å². The van der Waals surface area contributed by atoms with Gasteiger partial charge in [-0.15, -0.1) is 5.10 Å². The molecule has 1 aromatic heterocycles. The van der Waals surface area contributed by atoms with E-state index in [9.17, 15) is 9.18 Å². The van der Waals surface area contributed by atoms with E-state index in [0.717, 1.165) is 5.57 Å². The molecule has 0 bridgehead atoms. The maximum atomic E-state index is 13.8. The number of carbonyl (C=O) groups excluding carboxylic acids is 1. The number of carbonyl (C=O) groups is 1. The van der Waals surface area contributed by atoms with Gasteiger partial charge in [-0.1, -0.05) is 23.4 Å². The Morgan fingerprint density at radius 3 is 2.79 bits per heavy atom. The van der Waals surface area contributed by atoms with Gasteiger partial charge in [-0.25, -0.2) is 13.9 Å². The molecule has 2 aromatic rings. The molecular weight excluding hydrogens is 311 g/mol. The molecule has 0 fully saturated rings. The van der Waals surface area contributed by atoms with Crippen molar-refractivity contribution < 1.29 is 13.9 Å². The van der Waals surface area contributed by atoms with Crippen LogP contribution in [0.5, 0.6) is 0 Å². The quantitative estimate of drug-likeness (QED) is 0.868. The fourth-order valence-electron chi connectivity index (χ4n) is 2.51. The number of hydrogen-bond donors (Lipinski definition) is 0. The SMILES string of the molecule is CC(C)OC(=O)N1CC=C(c2cn(-c3ccccc3F)nn2)CC1. The first-order valence-corrected chi connectivity index (χ1v) is 7.87. The van der Waals surface area contributed by atoms with E-state index >= 15 is 0 Å². The Morgan fingerprint density at radius 2 is 2.12 bits per heavy atom. The lowest BCUT2D eigenvalue weighted by atomic mass is 10.1. The maximum Gasteiger partial charge on any atom is 0.410 e. The first-order valence-electron chi connectivity index (χ1n) is 7.87. The molecule has 0 radical (unpaired) electrons. The largest absolute Gasteiger partial charge is 0.447 e. The van der Waals surface area contributed by atoms with Crippen molar-refractivity contribution in [1.82, 2.24) is 19.9 Å². The normalized spacial score (nSPS) is 14.7. The second kappa shape index (κ2) is 6.82. The van der Waals surface area contributed by atoms with Gasteiger partial charge in [-0.3, -0.25) is 0 Å². The first-order chi connectivity index (χ1) is 11.5. The smallest absolute Gasteiger partial charge is 0.410 e. The van der Waals surface area contributed by atoms with Gasteiger partial charge in [0.1, 0.15) is 17.2 Å². The van der Waals surface area contributed by atoms with Crippen LogP contribution in [0, 0.1) is 5.82 Å². The van der Waals surface area contributed by atoms with Crippen LogP contribution in [0.4, 0.5) is 9.18 Å². The summed E-state index contributed by atoms with van der Waals surface area (Å²) < 4.78 is 20.4. The number of amides is 1. The summed E-state index contributed by atoms with van der Waals surface area (Å²) in [6.45, 7) is 4.67. The van der Waals surface area contributed by atoms with E-state index < -0.39 is 0 Å². The minimum atomic E-state index is -0.353. The lowest BCUT2D eigenvalue weighted by Gasteiger charge is -2.26. The number of halogens is 1. The van der Waals surface area contributed by atoms with Crippen molar-refractivity contribution in [2.24, 2.45) is 0 Å². The average molecular weight is 330 g/mol. The van der Waals surface area contributed by atoms with Gasteiger partial charge < -0.3 is 9.64 Å². The zero-order valence-corrected chi connectivity index (χ0v) is 13.6. The third-order valence-corrected chi connectivity index (χ3v) is 3.73. The first kappa shape index (κ1) is 16.2. The molecule has 2 heterocycles. The molecule has 1 aliphatic rings. The molecule has 0 aliphatic carbocycles. The topological polar surface area (TPSA) is 60.2 Å². The highest BCUT2D eigenvalue weighted by atomic mass is 19.1. The van der Waals surface area contributed by atoms with Crippen LogP contribution in [0.2, 0.25) is 0 Å². The summed E-state index contributed by atoms with van der Waals surface area (Å²) in [7, 11) is 0. The Hall–Kier alpha value is -2.70. The molecule has 1 amide bonds. The second-order valence-corrected chi connectivity index (χ2v) is 5.86. The fourth-order valence-corrected chi connectivity index (χ4v) is 2.51. The highest BCUT2D eigenvalue weighted by Crippen LogP contribution is 2.22. The number of benzene rings is 1. The lowest BCUT2D eigenvalue weighted by Crippen LogP contribution is -2.36. The number of hydrogen-bond acceptors (Lipinski definition) is 4. The van der Waals surface area contributed by atoms with Crippen LogP contribution in [0.25, 0.3) is 11.3 Å². The Kier molecular flexibility index (Phi) is 4.59. The van der Waals surface area contributed by atoms with E-state index in [-0.39, 0.29) is 18.0 Å². The predicted molar refractivity (Wildman–Crippen MR) is 87.1 cm³/mol. The number of rotatable bonds is 3. The zero-order valence-electron chi connectivity index (χ0n) is 13.6. The van der Waals surface area contributed by atoms with Gasteiger partial charge in [0.15, 0.2) is 0 Å². The van der Waals surface area contributed by atoms with Crippen LogP contribution in [-0.4, -0.2) is 45.2 Å². The van der Waals surface area contributed by atoms with E-state index in [1.165, 1.54) is 10.7 Å². The van der Waals surface area contributed by atoms with Crippen molar-refractivity contribution in [3.05, 3.63) is 48.0 Å². The molecular formula is C17H19FN4O2. The van der Waals surface area contributed by atoms with E-state index in [2.05, 4.69) is 10.3 Å². The van der Waals surface area contributed by atoms with Crippen molar-refractivity contribution >= 4 is 11.7 Å². The van der Waals surface area contributed by atoms with Gasteiger partial charge in [-0.05, 0) is 38.0 Å². The van der Waals surface area contributed by atoms with Gasteiger partial charge in [0.25, 0.3) is 0 Å². The predicted octanol–water partition coefficient (Wildman–Crippen LogP) is 3.04. The van der Waals surface area contributed by atoms with Gasteiger partial charge in [0.2, 0.25) is 0 Å². The van der Waals surface area contributed by atoms with Gasteiger partial charge >= 0.3 is 6.09 Å². The van der Waals surface area contributed by atoms with Gasteiger partial charge in [-0.2, -0.15) is 0 Å². The number of ether oxygens (including phenoxy) is 1. The van der Waals surface area contributed by atoms with Crippen LogP contribution in [0.3, 0.4) is 0 Å². The average Bonchev–Trinajstić information content (AvgIpc) is 3.04. The molecule has 126 valence electrons. The Balaban J connectivity index is 1.72. The van der Waals surface area contributed by atoms with Crippen molar-refractivity contribution in [3.63, 3.8) is 0 Å². The van der Waals surface area contributed by atoms with Crippen LogP contribution in [0.1, 0.15) is 26.0 Å². The summed E-state index contributed by atoms with van der Waals surface area (Å²) in [6.07, 6.45) is 3.84. The third-order valence-electron chi connectivity index (χ3n) is 3.73. The highest BCUT2D eigenvalue weighted by molar-refractivity contribution is 5.71. The Labute approximate surface area is 139 Å². The number of para-hydroxylation sites is 1. The maximum absolute atomic E-state index is 13.8. The Bertz CT molecular complexity index is 769. The highest BCUT2D eigenvalue weighted by Gasteiger charge is 2.21. The molecule has 1 aliphatic heterocycles. The van der Waals surface area contributed by atoms with Crippen molar-refractivity contribution in [2.75, 3.05) is 13.1 Å². The molecule has 3 rings (SSSR count). The molecule has 0 N–H and O–H groups in total. The van der Waals surface area contributed by atoms with E-state index in [1.807, 2.05) is 19.9 Å². The monoisotopic (exact) mass is 330 g/mol. The van der Waals surface area contributed by atoms with Crippen LogP contribution < -0.4 is 0 Å². The van der Waals surface area contributed by atoms with E-state index in [1.54, 1.807) is 29.3 Å². The summed E-state index contributed by atoms with van der Waals surface area (Å²) in [5.74, 6) is -0.353. The minimum Gasteiger partial charge on any atom is -0.447 e. The summed E-state index contributed by atoms with van der Waals surface area (Å²) in [5, 5.41) is 8.12. The molecule has 24 heavy (non-hydrogen) atoms. The molecule has 7 heteroatoms. The molecule has 0 saturated carbocycles. The van der Waals surface area contributed by atoms with Crippen LogP contribution >= 0.6 is 0 Å². The van der Waals surface area contributed by atoms with E-state index in [0.29, 0.717) is 30.9 Å². The second-order valence-electron chi connectivity index (χ2n) is 5.86. The van der Waals surface area contributed by atoms with Crippen LogP contribution in [0.15, 0.2) is 36.5 Å². The number of aromatic nitrogens is 3. The van der Waals surface area contributed by atoms with Crippen LogP contribution in [-0.2, 0) is 4.74 Å². The minimum absolute atomic E-state index is 0.136. The van der Waals surface area contributed by atoms with Gasteiger partial charge in [0, 0.05) is 13.1 Å². The zero-order chi connectivity index (χ0) is 17.1. The Morgan fingerprint density at radius 1 is 1.33 bits per heavy atom. The van der Waals surface area contributed by atoms with Crippen molar-refractivity contribution in [3.8, 4) is 5.69 Å². The summed E-state index contributed by atoms with van der Waals surface area (Å²) in [4.78, 5) is 13.5. The van der Waals surface area contributed by atoms with Gasteiger partial charge in [0.05, 0.1) is 12.3 Å². The molecule has 0 spiro atoms. The summed E-state index contributed by atoms with van der Waals surface area (Å²) in [5.41, 5.74) is 2.04. The molecule has 0 saturated heterocycles. The summed E-state index contributed by atoms with van der Waals surface area (Å²) in [6, 6.07) is 6.41. The molecule has 0 atom stereocenters. The summed E-state index contributed by atoms with van der Waals surface area (Å²) >= 11 is 0. The lowest BCUT2D eigenvalue weighted by molar-refractivity contribution is 0.0799. The number of nitrogens with zero attached hydrogens (tertiary/aromatic N) is 4. The molecule has 0 unspecified atom stereocenters. The van der Waals surface area contributed by atoms with Crippen molar-refractivity contribution in [2.45, 2.75) is 26.4 Å². The third kappa shape index (κ3) is 3.45. The van der Waals surface area contributed by atoms with Crippen molar-refractivity contribution in [1.29, 1.82) is 0 Å². The standard InChI is InChI=1S/C17H19FN4O2/c1-12(2)24-17(23)21-9-7-13(8-10-21)15-11-22(20-19-15)16-6-4-3-5-14(16)18/h3-7,11-12H,8-10H2,1-2H3.